The summed E-state index contributed by atoms with van der Waals surface area (Å²) in [6.45, 7) is 5.72. The monoisotopic (exact) mass is 437 g/mol. The Bertz CT molecular complexity index is 1050. The van der Waals surface area contributed by atoms with Gasteiger partial charge in [0, 0.05) is 29.9 Å². The normalized spacial score (nSPS) is 12.1. The summed E-state index contributed by atoms with van der Waals surface area (Å²) in [6.07, 6.45) is 1.19. The Hall–Kier alpha value is -2.96. The van der Waals surface area contributed by atoms with Crippen LogP contribution in [0.2, 0.25) is 5.02 Å². The average Bonchev–Trinajstić information content (AvgIpc) is 3.10. The first-order chi connectivity index (χ1) is 14.8. The zero-order valence-corrected chi connectivity index (χ0v) is 19.1. The molecule has 3 aromatic rings. The van der Waals surface area contributed by atoms with E-state index >= 15 is 0 Å². The van der Waals surface area contributed by atoms with E-state index in [0.29, 0.717) is 34.4 Å². The smallest absolute Gasteiger partial charge is 0.214 e. The van der Waals surface area contributed by atoms with Gasteiger partial charge >= 0.3 is 0 Å². The molecule has 0 saturated heterocycles. The lowest BCUT2D eigenvalue weighted by Crippen LogP contribution is -2.25. The molecule has 0 saturated carbocycles. The third kappa shape index (κ3) is 5.40. The lowest BCUT2D eigenvalue weighted by molar-refractivity contribution is 0.103. The van der Waals surface area contributed by atoms with Crippen molar-refractivity contribution in [1.82, 2.24) is 14.7 Å². The molecule has 0 aliphatic rings. The van der Waals surface area contributed by atoms with Crippen LogP contribution in [0, 0.1) is 18.3 Å². The quantitative estimate of drug-likeness (QED) is 0.376. The van der Waals surface area contributed by atoms with E-state index in [0.717, 1.165) is 17.8 Å². The van der Waals surface area contributed by atoms with Gasteiger partial charge in [-0.3, -0.25) is 4.79 Å². The number of nitrogens with one attached hydrogen (secondary N) is 2. The summed E-state index contributed by atoms with van der Waals surface area (Å²) < 4.78 is 1.68. The lowest BCUT2D eigenvalue weighted by Gasteiger charge is -2.18. The van der Waals surface area contributed by atoms with Crippen molar-refractivity contribution >= 4 is 29.4 Å². The summed E-state index contributed by atoms with van der Waals surface area (Å²) in [5.41, 5.74) is 3.10. The maximum atomic E-state index is 13.2. The van der Waals surface area contributed by atoms with Crippen molar-refractivity contribution in [3.8, 4) is 5.69 Å². The highest BCUT2D eigenvalue weighted by Crippen LogP contribution is 2.26. The SMILES string of the molecule is Cc1ccc(C(=O)c2nn(-c3ccc(Cl)cc3)c(NCC(C)CN(C)C)c2C=N)cc1. The first-order valence-corrected chi connectivity index (χ1v) is 10.6. The molecule has 2 aromatic carbocycles. The van der Waals surface area contributed by atoms with Gasteiger partial charge in [0.2, 0.25) is 5.78 Å². The number of carbonyl (C=O) groups is 1. The molecule has 1 unspecified atom stereocenters. The highest BCUT2D eigenvalue weighted by atomic mass is 35.5. The summed E-state index contributed by atoms with van der Waals surface area (Å²) in [7, 11) is 4.08. The molecule has 7 heteroatoms. The number of aryl methyl sites for hydroxylation is 1. The van der Waals surface area contributed by atoms with Crippen LogP contribution in [0.25, 0.3) is 5.69 Å². The predicted molar refractivity (Wildman–Crippen MR) is 127 cm³/mol. The van der Waals surface area contributed by atoms with E-state index in [1.54, 1.807) is 28.9 Å². The first kappa shape index (κ1) is 22.7. The van der Waals surface area contributed by atoms with E-state index in [2.05, 4.69) is 22.2 Å². The Morgan fingerprint density at radius 1 is 1.19 bits per heavy atom. The number of hydrogen-bond acceptors (Lipinski definition) is 5. The summed E-state index contributed by atoms with van der Waals surface area (Å²) in [6, 6.07) is 14.6. The predicted octanol–water partition coefficient (Wildman–Crippen LogP) is 4.67. The van der Waals surface area contributed by atoms with E-state index in [1.807, 2.05) is 45.3 Å². The largest absolute Gasteiger partial charge is 0.369 e. The fourth-order valence-corrected chi connectivity index (χ4v) is 3.60. The Morgan fingerprint density at radius 3 is 2.42 bits per heavy atom. The minimum Gasteiger partial charge on any atom is -0.369 e. The van der Waals surface area contributed by atoms with Gasteiger partial charge in [-0.2, -0.15) is 5.10 Å². The van der Waals surface area contributed by atoms with Gasteiger partial charge in [0.15, 0.2) is 0 Å². The number of nitrogens with zero attached hydrogens (tertiary/aromatic N) is 3. The standard InChI is InChI=1S/C24H28ClN5O/c1-16-5-7-18(8-6-16)23(31)22-21(13-26)24(27-14-17(2)15-29(3)4)30(28-22)20-11-9-19(25)10-12-20/h5-13,17,26-27H,14-15H2,1-4H3. The molecule has 3 rings (SSSR count). The van der Waals surface area contributed by atoms with Crippen molar-refractivity contribution in [3.05, 3.63) is 75.9 Å². The van der Waals surface area contributed by atoms with E-state index < -0.39 is 0 Å². The number of anilines is 1. The molecule has 1 aromatic heterocycles. The number of aromatic nitrogens is 2. The molecule has 0 fully saturated rings. The molecule has 1 heterocycles. The average molecular weight is 438 g/mol. The van der Waals surface area contributed by atoms with E-state index in [-0.39, 0.29) is 11.5 Å². The third-order valence-electron chi connectivity index (χ3n) is 4.96. The van der Waals surface area contributed by atoms with Gasteiger partial charge in [-0.25, -0.2) is 4.68 Å². The topological polar surface area (TPSA) is 74.0 Å². The number of hydrogen-bond donors (Lipinski definition) is 2. The second kappa shape index (κ2) is 9.90. The molecule has 0 aliphatic heterocycles. The van der Waals surface area contributed by atoms with E-state index in [4.69, 9.17) is 17.0 Å². The van der Waals surface area contributed by atoms with Crippen LogP contribution in [-0.4, -0.2) is 53.9 Å². The highest BCUT2D eigenvalue weighted by molar-refractivity contribution is 6.30. The molecule has 0 radical (unpaired) electrons. The van der Waals surface area contributed by atoms with Gasteiger partial charge in [-0.15, -0.1) is 0 Å². The van der Waals surface area contributed by atoms with Gasteiger partial charge < -0.3 is 15.6 Å². The third-order valence-corrected chi connectivity index (χ3v) is 5.21. The van der Waals surface area contributed by atoms with Gasteiger partial charge in [-0.05, 0) is 51.2 Å². The van der Waals surface area contributed by atoms with E-state index in [9.17, 15) is 4.79 Å². The number of rotatable bonds is 9. The van der Waals surface area contributed by atoms with Crippen LogP contribution < -0.4 is 5.32 Å². The minimum atomic E-state index is -0.212. The van der Waals surface area contributed by atoms with Crippen LogP contribution in [0.15, 0.2) is 48.5 Å². The van der Waals surface area contributed by atoms with Crippen molar-refractivity contribution in [2.75, 3.05) is 32.5 Å². The van der Waals surface area contributed by atoms with Gasteiger partial charge in [0.25, 0.3) is 0 Å². The zero-order chi connectivity index (χ0) is 22.5. The van der Waals surface area contributed by atoms with Gasteiger partial charge in [0.1, 0.15) is 11.5 Å². The molecule has 0 amide bonds. The maximum absolute atomic E-state index is 13.2. The number of halogens is 1. The summed E-state index contributed by atoms with van der Waals surface area (Å²) in [5.74, 6) is 0.771. The molecule has 162 valence electrons. The second-order valence-electron chi connectivity index (χ2n) is 8.09. The Labute approximate surface area is 188 Å². The minimum absolute atomic E-state index is 0.212. The second-order valence-corrected chi connectivity index (χ2v) is 8.52. The first-order valence-electron chi connectivity index (χ1n) is 10.2. The van der Waals surface area contributed by atoms with Crippen molar-refractivity contribution in [2.24, 2.45) is 5.92 Å². The van der Waals surface area contributed by atoms with Crippen LogP contribution >= 0.6 is 11.6 Å². The van der Waals surface area contributed by atoms with Crippen LogP contribution in [0.4, 0.5) is 5.82 Å². The Morgan fingerprint density at radius 2 is 1.84 bits per heavy atom. The molecule has 6 nitrogen and oxygen atoms in total. The Balaban J connectivity index is 2.05. The molecular formula is C24H28ClN5O. The maximum Gasteiger partial charge on any atom is 0.214 e. The summed E-state index contributed by atoms with van der Waals surface area (Å²) in [5, 5.41) is 16.7. The number of carbonyl (C=O) groups excluding carboxylic acids is 1. The van der Waals surface area contributed by atoms with Crippen LogP contribution in [0.3, 0.4) is 0 Å². The molecule has 31 heavy (non-hydrogen) atoms. The summed E-state index contributed by atoms with van der Waals surface area (Å²) >= 11 is 6.06. The fourth-order valence-electron chi connectivity index (χ4n) is 3.47. The molecule has 0 aliphatic carbocycles. The van der Waals surface area contributed by atoms with Crippen LogP contribution in [0.5, 0.6) is 0 Å². The molecule has 0 bridgehead atoms. The van der Waals surface area contributed by atoms with Crippen LogP contribution in [0.1, 0.15) is 34.1 Å². The van der Waals surface area contributed by atoms with Crippen molar-refractivity contribution in [1.29, 1.82) is 5.41 Å². The lowest BCUT2D eigenvalue weighted by atomic mass is 10.0. The molecule has 1 atom stereocenters. The highest BCUT2D eigenvalue weighted by Gasteiger charge is 2.24. The summed E-state index contributed by atoms with van der Waals surface area (Å²) in [4.78, 5) is 15.4. The van der Waals surface area contributed by atoms with Crippen LogP contribution in [-0.2, 0) is 0 Å². The Kier molecular flexibility index (Phi) is 7.25. The van der Waals surface area contributed by atoms with Gasteiger partial charge in [-0.1, -0.05) is 48.4 Å². The van der Waals surface area contributed by atoms with Crippen molar-refractivity contribution < 1.29 is 4.79 Å². The molecular weight excluding hydrogens is 410 g/mol. The molecule has 2 N–H and O–H groups in total. The van der Waals surface area contributed by atoms with Gasteiger partial charge in [0.05, 0.1) is 11.3 Å². The number of ketones is 1. The molecule has 0 spiro atoms. The number of benzene rings is 2. The fraction of sp³-hybridized carbons (Fsp3) is 0.292. The zero-order valence-electron chi connectivity index (χ0n) is 18.3. The van der Waals surface area contributed by atoms with E-state index in [1.165, 1.54) is 6.21 Å². The van der Waals surface area contributed by atoms with Crippen molar-refractivity contribution in [3.63, 3.8) is 0 Å². The van der Waals surface area contributed by atoms with Crippen molar-refractivity contribution in [2.45, 2.75) is 13.8 Å².